The van der Waals surface area contributed by atoms with Gasteiger partial charge >= 0.3 is 5.69 Å². The van der Waals surface area contributed by atoms with E-state index < -0.39 is 0 Å². The van der Waals surface area contributed by atoms with E-state index in [1.54, 1.807) is 4.57 Å². The molecule has 8 heteroatoms. The molecule has 3 heterocycles. The number of rotatable bonds is 7. The van der Waals surface area contributed by atoms with Gasteiger partial charge in [0.05, 0.1) is 11.7 Å². The highest BCUT2D eigenvalue weighted by Crippen LogP contribution is 2.23. The van der Waals surface area contributed by atoms with E-state index in [4.69, 9.17) is 0 Å². The van der Waals surface area contributed by atoms with Crippen molar-refractivity contribution in [2.75, 3.05) is 13.1 Å². The van der Waals surface area contributed by atoms with Gasteiger partial charge in [0.1, 0.15) is 12.4 Å². The molecule has 2 aromatic heterocycles. The first-order chi connectivity index (χ1) is 12.9. The molecule has 0 N–H and O–H groups in total. The Kier molecular flexibility index (Phi) is 5.82. The SMILES string of the molecule is CCCCc1nn(CC(=O)N2CCC(n3nc(C)cc3C)C2)c(=O)n1CC. The van der Waals surface area contributed by atoms with Crippen molar-refractivity contribution in [3.05, 3.63) is 33.8 Å². The van der Waals surface area contributed by atoms with Crippen molar-refractivity contribution in [1.29, 1.82) is 0 Å². The zero-order valence-corrected chi connectivity index (χ0v) is 16.8. The summed E-state index contributed by atoms with van der Waals surface area (Å²) in [6, 6.07) is 2.26. The molecule has 0 saturated carbocycles. The molecule has 2 aromatic rings. The van der Waals surface area contributed by atoms with E-state index in [0.29, 0.717) is 19.6 Å². The zero-order chi connectivity index (χ0) is 19.6. The molecular formula is C19H30N6O2. The molecule has 1 amide bonds. The second kappa shape index (κ2) is 8.10. The summed E-state index contributed by atoms with van der Waals surface area (Å²) in [6.07, 6.45) is 3.68. The van der Waals surface area contributed by atoms with Gasteiger partial charge in [-0.2, -0.15) is 10.2 Å². The van der Waals surface area contributed by atoms with Gasteiger partial charge in [-0.15, -0.1) is 0 Å². The van der Waals surface area contributed by atoms with Crippen LogP contribution in [0.4, 0.5) is 0 Å². The molecule has 1 aliphatic heterocycles. The third kappa shape index (κ3) is 3.99. The normalized spacial score (nSPS) is 17.0. The maximum absolute atomic E-state index is 12.7. The van der Waals surface area contributed by atoms with Gasteiger partial charge in [-0.05, 0) is 39.7 Å². The lowest BCUT2D eigenvalue weighted by atomic mass is 10.2. The Bertz CT molecular complexity index is 862. The summed E-state index contributed by atoms with van der Waals surface area (Å²) in [4.78, 5) is 27.1. The number of nitrogens with zero attached hydrogens (tertiary/aromatic N) is 6. The van der Waals surface area contributed by atoms with Crippen LogP contribution in [0.2, 0.25) is 0 Å². The quantitative estimate of drug-likeness (QED) is 0.739. The maximum atomic E-state index is 12.7. The second-order valence-electron chi connectivity index (χ2n) is 7.36. The summed E-state index contributed by atoms with van der Waals surface area (Å²) in [5.41, 5.74) is 1.92. The number of likely N-dealkylation sites (tertiary alicyclic amines) is 1. The molecule has 0 spiro atoms. The highest BCUT2D eigenvalue weighted by atomic mass is 16.2. The van der Waals surface area contributed by atoms with Crippen LogP contribution < -0.4 is 5.69 Å². The molecule has 0 radical (unpaired) electrons. The van der Waals surface area contributed by atoms with Gasteiger partial charge in [0.25, 0.3) is 0 Å². The molecule has 0 aliphatic carbocycles. The molecule has 1 unspecified atom stereocenters. The van der Waals surface area contributed by atoms with E-state index in [-0.39, 0.29) is 24.2 Å². The summed E-state index contributed by atoms with van der Waals surface area (Å²) in [5.74, 6) is 0.725. The number of carbonyl (C=O) groups excluding carboxylic acids is 1. The highest BCUT2D eigenvalue weighted by Gasteiger charge is 2.29. The fourth-order valence-electron chi connectivity index (χ4n) is 3.84. The first kappa shape index (κ1) is 19.4. The average molecular weight is 374 g/mol. The summed E-state index contributed by atoms with van der Waals surface area (Å²) in [6.45, 7) is 9.98. The lowest BCUT2D eigenvalue weighted by Gasteiger charge is -2.17. The molecule has 3 rings (SSSR count). The summed E-state index contributed by atoms with van der Waals surface area (Å²) < 4.78 is 5.02. The van der Waals surface area contributed by atoms with Crippen LogP contribution in [0.15, 0.2) is 10.9 Å². The van der Waals surface area contributed by atoms with Crippen molar-refractivity contribution in [3.8, 4) is 0 Å². The van der Waals surface area contributed by atoms with Gasteiger partial charge in [-0.1, -0.05) is 13.3 Å². The summed E-state index contributed by atoms with van der Waals surface area (Å²) >= 11 is 0. The molecule has 1 saturated heterocycles. The number of unbranched alkanes of at least 4 members (excludes halogenated alkanes) is 1. The van der Waals surface area contributed by atoms with Crippen LogP contribution >= 0.6 is 0 Å². The van der Waals surface area contributed by atoms with Crippen molar-refractivity contribution in [3.63, 3.8) is 0 Å². The molecule has 148 valence electrons. The monoisotopic (exact) mass is 374 g/mol. The van der Waals surface area contributed by atoms with Crippen LogP contribution in [0.1, 0.15) is 56.4 Å². The number of carbonyl (C=O) groups is 1. The third-order valence-corrected chi connectivity index (χ3v) is 5.26. The number of hydrogen-bond acceptors (Lipinski definition) is 4. The first-order valence-corrected chi connectivity index (χ1v) is 9.91. The van der Waals surface area contributed by atoms with Gasteiger partial charge in [-0.3, -0.25) is 14.0 Å². The summed E-state index contributed by atoms with van der Waals surface area (Å²) in [7, 11) is 0. The Hall–Kier alpha value is -2.38. The number of amides is 1. The fourth-order valence-corrected chi connectivity index (χ4v) is 3.84. The molecule has 1 atom stereocenters. The lowest BCUT2D eigenvalue weighted by molar-refractivity contribution is -0.131. The third-order valence-electron chi connectivity index (χ3n) is 5.26. The topological polar surface area (TPSA) is 78.0 Å². The van der Waals surface area contributed by atoms with Crippen molar-refractivity contribution >= 4 is 5.91 Å². The van der Waals surface area contributed by atoms with E-state index >= 15 is 0 Å². The molecular weight excluding hydrogens is 344 g/mol. The van der Waals surface area contributed by atoms with Crippen LogP contribution in [-0.2, 0) is 24.3 Å². The fraction of sp³-hybridized carbons (Fsp3) is 0.684. The van der Waals surface area contributed by atoms with Crippen molar-refractivity contribution < 1.29 is 4.79 Å². The number of hydrogen-bond donors (Lipinski definition) is 0. The van der Waals surface area contributed by atoms with Gasteiger partial charge < -0.3 is 4.90 Å². The minimum Gasteiger partial charge on any atom is -0.339 e. The van der Waals surface area contributed by atoms with Gasteiger partial charge in [-0.25, -0.2) is 9.48 Å². The van der Waals surface area contributed by atoms with E-state index in [9.17, 15) is 9.59 Å². The maximum Gasteiger partial charge on any atom is 0.346 e. The van der Waals surface area contributed by atoms with E-state index in [0.717, 1.165) is 42.9 Å². The molecule has 27 heavy (non-hydrogen) atoms. The Morgan fingerprint density at radius 3 is 2.67 bits per heavy atom. The highest BCUT2D eigenvalue weighted by molar-refractivity contribution is 5.76. The summed E-state index contributed by atoms with van der Waals surface area (Å²) in [5, 5.41) is 8.97. The van der Waals surface area contributed by atoms with Crippen LogP contribution in [0.3, 0.4) is 0 Å². The van der Waals surface area contributed by atoms with E-state index in [2.05, 4.69) is 23.2 Å². The predicted octanol–water partition coefficient (Wildman–Crippen LogP) is 1.69. The van der Waals surface area contributed by atoms with Crippen LogP contribution in [-0.4, -0.2) is 48.0 Å². The Morgan fingerprint density at radius 1 is 1.26 bits per heavy atom. The molecule has 0 aromatic carbocycles. The standard InChI is InChI=1S/C19H30N6O2/c1-5-7-8-17-21-24(19(27)23(17)6-2)13-18(26)22-10-9-16(12-22)25-15(4)11-14(3)20-25/h11,16H,5-10,12-13H2,1-4H3. The molecule has 1 aliphatic rings. The lowest BCUT2D eigenvalue weighted by Crippen LogP contribution is -2.36. The van der Waals surface area contributed by atoms with Crippen LogP contribution in [0, 0.1) is 13.8 Å². The molecule has 8 nitrogen and oxygen atoms in total. The van der Waals surface area contributed by atoms with Crippen LogP contribution in [0.5, 0.6) is 0 Å². The van der Waals surface area contributed by atoms with E-state index in [1.165, 1.54) is 4.68 Å². The largest absolute Gasteiger partial charge is 0.346 e. The van der Waals surface area contributed by atoms with E-state index in [1.807, 2.05) is 30.4 Å². The Morgan fingerprint density at radius 2 is 2.04 bits per heavy atom. The minimum atomic E-state index is -0.189. The van der Waals surface area contributed by atoms with Gasteiger partial charge in [0.2, 0.25) is 5.91 Å². The first-order valence-electron chi connectivity index (χ1n) is 9.91. The second-order valence-corrected chi connectivity index (χ2v) is 7.36. The predicted molar refractivity (Wildman–Crippen MR) is 103 cm³/mol. The molecule has 0 bridgehead atoms. The smallest absolute Gasteiger partial charge is 0.339 e. The van der Waals surface area contributed by atoms with Gasteiger partial charge in [0.15, 0.2) is 0 Å². The number of aromatic nitrogens is 5. The Balaban J connectivity index is 1.68. The minimum absolute atomic E-state index is 0.00873. The molecule has 1 fully saturated rings. The number of aryl methyl sites for hydroxylation is 3. The van der Waals surface area contributed by atoms with Crippen molar-refractivity contribution in [2.24, 2.45) is 0 Å². The van der Waals surface area contributed by atoms with Crippen molar-refractivity contribution in [1.82, 2.24) is 29.0 Å². The van der Waals surface area contributed by atoms with Crippen molar-refractivity contribution in [2.45, 2.75) is 72.5 Å². The van der Waals surface area contributed by atoms with Crippen LogP contribution in [0.25, 0.3) is 0 Å². The Labute approximate surface area is 159 Å². The average Bonchev–Trinajstić information content (AvgIpc) is 3.31. The van der Waals surface area contributed by atoms with Gasteiger partial charge in [0, 0.05) is 31.7 Å². The zero-order valence-electron chi connectivity index (χ0n) is 16.8.